The fourth-order valence-electron chi connectivity index (χ4n) is 3.51. The SMILES string of the molecule is Cc1cc(C2=C(c3cc(C)sc3C)C(=Cc3ccc(Br)cc3)OC2=O)c(C)s1. The first-order valence-electron chi connectivity index (χ1n) is 8.92. The zero-order chi connectivity index (χ0) is 20.0. The van der Waals surface area contributed by atoms with Gasteiger partial charge in [-0.1, -0.05) is 28.1 Å². The van der Waals surface area contributed by atoms with Gasteiger partial charge in [0.2, 0.25) is 0 Å². The summed E-state index contributed by atoms with van der Waals surface area (Å²) in [5.41, 5.74) is 4.62. The highest BCUT2D eigenvalue weighted by Crippen LogP contribution is 2.45. The zero-order valence-electron chi connectivity index (χ0n) is 16.1. The Bertz CT molecular complexity index is 1140. The molecule has 0 unspecified atom stereocenters. The van der Waals surface area contributed by atoms with Crippen molar-refractivity contribution in [2.24, 2.45) is 0 Å². The van der Waals surface area contributed by atoms with Crippen molar-refractivity contribution in [1.29, 1.82) is 0 Å². The molecule has 0 atom stereocenters. The summed E-state index contributed by atoms with van der Waals surface area (Å²) in [5, 5.41) is 0. The van der Waals surface area contributed by atoms with Crippen LogP contribution in [0.5, 0.6) is 0 Å². The summed E-state index contributed by atoms with van der Waals surface area (Å²) in [6.45, 7) is 8.33. The number of hydrogen-bond acceptors (Lipinski definition) is 4. The van der Waals surface area contributed by atoms with E-state index in [0.717, 1.165) is 31.6 Å². The number of cyclic esters (lactones) is 1. The maximum atomic E-state index is 13.0. The molecular formula is C23H19BrO2S2. The summed E-state index contributed by atoms with van der Waals surface area (Å²) in [7, 11) is 0. The summed E-state index contributed by atoms with van der Waals surface area (Å²) in [6, 6.07) is 12.2. The Morgan fingerprint density at radius 1 is 0.857 bits per heavy atom. The van der Waals surface area contributed by atoms with Gasteiger partial charge in [0.05, 0.1) is 5.57 Å². The molecule has 0 aliphatic carbocycles. The Hall–Kier alpha value is -1.95. The first kappa shape index (κ1) is 19.4. The van der Waals surface area contributed by atoms with Crippen LogP contribution in [-0.2, 0) is 9.53 Å². The van der Waals surface area contributed by atoms with Crippen molar-refractivity contribution in [3.05, 3.63) is 82.8 Å². The lowest BCUT2D eigenvalue weighted by molar-refractivity contribution is -0.131. The Labute approximate surface area is 181 Å². The van der Waals surface area contributed by atoms with E-state index in [-0.39, 0.29) is 5.97 Å². The number of thiophene rings is 2. The molecule has 2 nitrogen and oxygen atoms in total. The molecule has 3 heterocycles. The second-order valence-electron chi connectivity index (χ2n) is 6.85. The van der Waals surface area contributed by atoms with Crippen LogP contribution in [0, 0.1) is 27.7 Å². The molecule has 2 aromatic heterocycles. The van der Waals surface area contributed by atoms with Gasteiger partial charge in [0.15, 0.2) is 0 Å². The number of carbonyl (C=O) groups excluding carboxylic acids is 1. The first-order chi connectivity index (χ1) is 13.3. The van der Waals surface area contributed by atoms with Crippen molar-refractivity contribution in [2.45, 2.75) is 27.7 Å². The van der Waals surface area contributed by atoms with Gasteiger partial charge in [0.25, 0.3) is 0 Å². The maximum Gasteiger partial charge on any atom is 0.344 e. The lowest BCUT2D eigenvalue weighted by atomic mass is 9.94. The zero-order valence-corrected chi connectivity index (χ0v) is 19.3. The van der Waals surface area contributed by atoms with Crippen LogP contribution in [0.25, 0.3) is 17.2 Å². The summed E-state index contributed by atoms with van der Waals surface area (Å²) in [5.74, 6) is 0.342. The van der Waals surface area contributed by atoms with Gasteiger partial charge < -0.3 is 4.74 Å². The summed E-state index contributed by atoms with van der Waals surface area (Å²) >= 11 is 6.92. The van der Waals surface area contributed by atoms with Crippen molar-refractivity contribution in [1.82, 2.24) is 0 Å². The largest absolute Gasteiger partial charge is 0.422 e. The summed E-state index contributed by atoms with van der Waals surface area (Å²) in [6.07, 6.45) is 1.95. The van der Waals surface area contributed by atoms with E-state index in [2.05, 4.69) is 55.8 Å². The van der Waals surface area contributed by atoms with Gasteiger partial charge in [0.1, 0.15) is 5.76 Å². The van der Waals surface area contributed by atoms with Crippen LogP contribution in [-0.4, -0.2) is 5.97 Å². The monoisotopic (exact) mass is 470 g/mol. The van der Waals surface area contributed by atoms with E-state index in [4.69, 9.17) is 4.74 Å². The lowest BCUT2D eigenvalue weighted by Gasteiger charge is -2.06. The van der Waals surface area contributed by atoms with E-state index >= 15 is 0 Å². The number of ether oxygens (including phenoxy) is 1. The third kappa shape index (κ3) is 3.54. The van der Waals surface area contributed by atoms with Crippen LogP contribution < -0.4 is 0 Å². The molecule has 0 saturated carbocycles. The molecule has 28 heavy (non-hydrogen) atoms. The van der Waals surface area contributed by atoms with Gasteiger partial charge in [-0.2, -0.15) is 0 Å². The Morgan fingerprint density at radius 3 is 1.89 bits per heavy atom. The number of esters is 1. The van der Waals surface area contributed by atoms with E-state index in [0.29, 0.717) is 11.3 Å². The van der Waals surface area contributed by atoms with Crippen LogP contribution >= 0.6 is 38.6 Å². The molecule has 1 aromatic carbocycles. The molecule has 0 N–H and O–H groups in total. The number of hydrogen-bond donors (Lipinski definition) is 0. The summed E-state index contributed by atoms with van der Waals surface area (Å²) in [4.78, 5) is 17.7. The number of halogens is 1. The molecule has 0 spiro atoms. The Kier molecular flexibility index (Phi) is 5.17. The third-order valence-electron chi connectivity index (χ3n) is 4.69. The lowest BCUT2D eigenvalue weighted by Crippen LogP contribution is -1.98. The van der Waals surface area contributed by atoms with Gasteiger partial charge in [-0.3, -0.25) is 0 Å². The molecule has 4 rings (SSSR count). The molecule has 0 saturated heterocycles. The van der Waals surface area contributed by atoms with Gasteiger partial charge in [0, 0.05) is 40.7 Å². The third-order valence-corrected chi connectivity index (χ3v) is 7.15. The van der Waals surface area contributed by atoms with Crippen molar-refractivity contribution >= 4 is 61.8 Å². The predicted molar refractivity (Wildman–Crippen MR) is 123 cm³/mol. The molecule has 0 fully saturated rings. The minimum absolute atomic E-state index is 0.275. The number of benzene rings is 1. The molecule has 1 aliphatic heterocycles. The molecule has 0 radical (unpaired) electrons. The molecule has 3 aromatic rings. The van der Waals surface area contributed by atoms with Gasteiger partial charge in [-0.05, 0) is 63.6 Å². The van der Waals surface area contributed by atoms with Crippen molar-refractivity contribution < 1.29 is 9.53 Å². The highest BCUT2D eigenvalue weighted by atomic mass is 79.9. The van der Waals surface area contributed by atoms with E-state index in [1.54, 1.807) is 22.7 Å². The van der Waals surface area contributed by atoms with Crippen LogP contribution in [0.1, 0.15) is 36.2 Å². The minimum Gasteiger partial charge on any atom is -0.422 e. The fourth-order valence-corrected chi connectivity index (χ4v) is 5.63. The van der Waals surface area contributed by atoms with E-state index in [1.807, 2.05) is 30.3 Å². The van der Waals surface area contributed by atoms with E-state index in [9.17, 15) is 4.79 Å². The normalized spacial score (nSPS) is 15.6. The molecule has 1 aliphatic rings. The maximum absolute atomic E-state index is 13.0. The van der Waals surface area contributed by atoms with Gasteiger partial charge >= 0.3 is 5.97 Å². The van der Waals surface area contributed by atoms with Crippen molar-refractivity contribution in [3.8, 4) is 0 Å². The Balaban J connectivity index is 1.97. The number of carbonyl (C=O) groups is 1. The minimum atomic E-state index is -0.275. The first-order valence-corrected chi connectivity index (χ1v) is 11.3. The highest BCUT2D eigenvalue weighted by molar-refractivity contribution is 9.10. The fraction of sp³-hybridized carbons (Fsp3) is 0.174. The second kappa shape index (κ2) is 7.47. The van der Waals surface area contributed by atoms with Crippen LogP contribution in [0.15, 0.2) is 46.6 Å². The second-order valence-corrected chi connectivity index (χ2v) is 10.7. The van der Waals surface area contributed by atoms with Crippen LogP contribution in [0.4, 0.5) is 0 Å². The smallest absolute Gasteiger partial charge is 0.344 e. The van der Waals surface area contributed by atoms with Crippen LogP contribution in [0.2, 0.25) is 0 Å². The van der Waals surface area contributed by atoms with Gasteiger partial charge in [-0.25, -0.2) is 4.79 Å². The molecule has 0 amide bonds. The molecule has 5 heteroatoms. The summed E-state index contributed by atoms with van der Waals surface area (Å²) < 4.78 is 6.82. The van der Waals surface area contributed by atoms with E-state index < -0.39 is 0 Å². The van der Waals surface area contributed by atoms with E-state index in [1.165, 1.54) is 14.6 Å². The molecule has 0 bridgehead atoms. The van der Waals surface area contributed by atoms with Crippen molar-refractivity contribution in [2.75, 3.05) is 0 Å². The van der Waals surface area contributed by atoms with Gasteiger partial charge in [-0.15, -0.1) is 22.7 Å². The Morgan fingerprint density at radius 2 is 1.39 bits per heavy atom. The average Bonchev–Trinajstić information content (AvgIpc) is 3.24. The number of aryl methyl sites for hydroxylation is 4. The predicted octanol–water partition coefficient (Wildman–Crippen LogP) is 7.31. The highest BCUT2D eigenvalue weighted by Gasteiger charge is 2.34. The van der Waals surface area contributed by atoms with Crippen molar-refractivity contribution in [3.63, 3.8) is 0 Å². The average molecular weight is 471 g/mol. The number of rotatable bonds is 3. The molecular weight excluding hydrogens is 452 g/mol. The standard InChI is InChI=1S/C23H19BrO2S2/c1-12-9-18(14(3)27-12)21-20(11-16-5-7-17(24)8-6-16)26-23(25)22(21)19-10-13(2)28-15(19)4/h5-11H,1-4H3. The molecule has 142 valence electrons. The number of allylic oxidation sites excluding steroid dienone is 1. The topological polar surface area (TPSA) is 26.3 Å². The van der Waals surface area contributed by atoms with Crippen LogP contribution in [0.3, 0.4) is 0 Å². The quantitative estimate of drug-likeness (QED) is 0.374.